The van der Waals surface area contributed by atoms with Gasteiger partial charge in [0.25, 0.3) is 0 Å². The highest BCUT2D eigenvalue weighted by atomic mass is 35.5. The molecule has 1 fully saturated rings. The number of rotatable bonds is 5. The summed E-state index contributed by atoms with van der Waals surface area (Å²) in [7, 11) is -3.34. The molecule has 1 aliphatic heterocycles. The molecular formula is C13H21ClN2O2S. The van der Waals surface area contributed by atoms with E-state index in [4.69, 9.17) is 11.6 Å². The molecule has 1 saturated heterocycles. The molecule has 1 aromatic heterocycles. The standard InChI is InChI=1S/C13H21ClN2O2S/c1-2-6-15-11-13(9-12(15)10-14)19(17,18)16-7-4-3-5-8-16/h9,11H,2-8,10H2,1H3. The highest BCUT2D eigenvalue weighted by Crippen LogP contribution is 2.23. The average Bonchev–Trinajstić information content (AvgIpc) is 2.84. The molecule has 0 aromatic carbocycles. The van der Waals surface area contributed by atoms with Crippen LogP contribution in [0, 0.1) is 0 Å². The SMILES string of the molecule is CCCn1cc(S(=O)(=O)N2CCCCC2)cc1CCl. The van der Waals surface area contributed by atoms with E-state index in [2.05, 4.69) is 6.92 Å². The third kappa shape index (κ3) is 3.15. The summed E-state index contributed by atoms with van der Waals surface area (Å²) in [5.74, 6) is 0.343. The molecule has 0 atom stereocenters. The molecule has 108 valence electrons. The van der Waals surface area contributed by atoms with Crippen LogP contribution in [0.3, 0.4) is 0 Å². The summed E-state index contributed by atoms with van der Waals surface area (Å²) in [6.45, 7) is 4.14. The number of aromatic nitrogens is 1. The summed E-state index contributed by atoms with van der Waals surface area (Å²) in [5.41, 5.74) is 0.874. The van der Waals surface area contributed by atoms with Gasteiger partial charge in [-0.25, -0.2) is 8.42 Å². The number of aryl methyl sites for hydroxylation is 1. The largest absolute Gasteiger partial charge is 0.349 e. The second kappa shape index (κ2) is 6.29. The van der Waals surface area contributed by atoms with Gasteiger partial charge in [-0.2, -0.15) is 4.31 Å². The van der Waals surface area contributed by atoms with Crippen LogP contribution < -0.4 is 0 Å². The molecule has 4 nitrogen and oxygen atoms in total. The molecule has 0 N–H and O–H groups in total. The molecule has 6 heteroatoms. The Bertz CT molecular complexity index is 519. The molecule has 2 heterocycles. The van der Waals surface area contributed by atoms with E-state index in [-0.39, 0.29) is 0 Å². The lowest BCUT2D eigenvalue weighted by atomic mass is 10.2. The van der Waals surface area contributed by atoms with E-state index in [1.165, 1.54) is 0 Å². The maximum Gasteiger partial charge on any atom is 0.244 e. The van der Waals surface area contributed by atoms with Gasteiger partial charge in [-0.05, 0) is 25.3 Å². The van der Waals surface area contributed by atoms with Gasteiger partial charge in [0.2, 0.25) is 10.0 Å². The van der Waals surface area contributed by atoms with Crippen LogP contribution in [-0.4, -0.2) is 30.4 Å². The minimum atomic E-state index is -3.34. The highest BCUT2D eigenvalue weighted by molar-refractivity contribution is 7.89. The predicted octanol–water partition coefficient (Wildman–Crippen LogP) is 2.81. The first kappa shape index (κ1) is 14.9. The van der Waals surface area contributed by atoms with Gasteiger partial charge in [-0.3, -0.25) is 0 Å². The van der Waals surface area contributed by atoms with Crippen molar-refractivity contribution in [3.8, 4) is 0 Å². The molecule has 0 amide bonds. The van der Waals surface area contributed by atoms with Gasteiger partial charge < -0.3 is 4.57 Å². The zero-order valence-electron chi connectivity index (χ0n) is 11.3. The second-order valence-electron chi connectivity index (χ2n) is 4.96. The number of hydrogen-bond acceptors (Lipinski definition) is 2. The summed E-state index contributed by atoms with van der Waals surface area (Å²) in [6.07, 6.45) is 5.72. The van der Waals surface area contributed by atoms with Gasteiger partial charge in [0.05, 0.1) is 5.88 Å². The van der Waals surface area contributed by atoms with Crippen LogP contribution in [0.1, 0.15) is 38.3 Å². The fourth-order valence-corrected chi connectivity index (χ4v) is 4.29. The van der Waals surface area contributed by atoms with E-state index in [1.807, 2.05) is 4.57 Å². The maximum absolute atomic E-state index is 12.5. The number of halogens is 1. The molecule has 0 unspecified atom stereocenters. The second-order valence-corrected chi connectivity index (χ2v) is 7.16. The van der Waals surface area contributed by atoms with Crippen LogP contribution in [0.4, 0.5) is 0 Å². The summed E-state index contributed by atoms with van der Waals surface area (Å²) in [6, 6.07) is 1.71. The molecular weight excluding hydrogens is 284 g/mol. The first-order valence-corrected chi connectivity index (χ1v) is 8.82. The Hall–Kier alpha value is -0.520. The average molecular weight is 305 g/mol. The molecule has 0 bridgehead atoms. The maximum atomic E-state index is 12.5. The highest BCUT2D eigenvalue weighted by Gasteiger charge is 2.27. The summed E-state index contributed by atoms with van der Waals surface area (Å²) < 4.78 is 28.6. The van der Waals surface area contributed by atoms with Gasteiger partial charge in [0.15, 0.2) is 0 Å². The van der Waals surface area contributed by atoms with Crippen LogP contribution in [-0.2, 0) is 22.4 Å². The van der Waals surface area contributed by atoms with Crippen LogP contribution in [0.5, 0.6) is 0 Å². The quantitative estimate of drug-likeness (QED) is 0.785. The van der Waals surface area contributed by atoms with Gasteiger partial charge in [0.1, 0.15) is 4.90 Å². The van der Waals surface area contributed by atoms with Gasteiger partial charge in [-0.1, -0.05) is 13.3 Å². The summed E-state index contributed by atoms with van der Waals surface area (Å²) in [4.78, 5) is 0.388. The fraction of sp³-hybridized carbons (Fsp3) is 0.692. The van der Waals surface area contributed by atoms with Crippen LogP contribution in [0.15, 0.2) is 17.2 Å². The van der Waals surface area contributed by atoms with Crippen molar-refractivity contribution in [2.24, 2.45) is 0 Å². The lowest BCUT2D eigenvalue weighted by molar-refractivity contribution is 0.346. The topological polar surface area (TPSA) is 42.3 Å². The fourth-order valence-electron chi connectivity index (χ4n) is 2.48. The minimum Gasteiger partial charge on any atom is -0.349 e. The van der Waals surface area contributed by atoms with E-state index in [0.29, 0.717) is 23.9 Å². The predicted molar refractivity (Wildman–Crippen MR) is 76.9 cm³/mol. The van der Waals surface area contributed by atoms with Crippen molar-refractivity contribution < 1.29 is 8.42 Å². The van der Waals surface area contributed by atoms with E-state index in [9.17, 15) is 8.42 Å². The van der Waals surface area contributed by atoms with Crippen molar-refractivity contribution in [2.45, 2.75) is 49.9 Å². The molecule has 0 radical (unpaired) electrons. The lowest BCUT2D eigenvalue weighted by Crippen LogP contribution is -2.35. The molecule has 2 rings (SSSR count). The summed E-state index contributed by atoms with van der Waals surface area (Å²) >= 11 is 5.89. The zero-order chi connectivity index (χ0) is 13.9. The Balaban J connectivity index is 2.29. The summed E-state index contributed by atoms with van der Waals surface area (Å²) in [5, 5.41) is 0. The number of nitrogens with zero attached hydrogens (tertiary/aromatic N) is 2. The molecule has 19 heavy (non-hydrogen) atoms. The Kier molecular flexibility index (Phi) is 4.92. The van der Waals surface area contributed by atoms with Crippen molar-refractivity contribution in [2.75, 3.05) is 13.1 Å². The van der Waals surface area contributed by atoms with Crippen molar-refractivity contribution in [3.05, 3.63) is 18.0 Å². The monoisotopic (exact) mass is 304 g/mol. The number of hydrogen-bond donors (Lipinski definition) is 0. The first-order valence-electron chi connectivity index (χ1n) is 6.84. The smallest absolute Gasteiger partial charge is 0.244 e. The Morgan fingerprint density at radius 1 is 1.26 bits per heavy atom. The molecule has 1 aliphatic rings. The van der Waals surface area contributed by atoms with Gasteiger partial charge >= 0.3 is 0 Å². The first-order chi connectivity index (χ1) is 9.09. The van der Waals surface area contributed by atoms with Crippen LogP contribution in [0.2, 0.25) is 0 Å². The van der Waals surface area contributed by atoms with Crippen LogP contribution in [0.25, 0.3) is 0 Å². The third-order valence-corrected chi connectivity index (χ3v) is 5.65. The van der Waals surface area contributed by atoms with Crippen molar-refractivity contribution >= 4 is 21.6 Å². The van der Waals surface area contributed by atoms with Crippen molar-refractivity contribution in [3.63, 3.8) is 0 Å². The van der Waals surface area contributed by atoms with Crippen molar-refractivity contribution in [1.29, 1.82) is 0 Å². The van der Waals surface area contributed by atoms with E-state index < -0.39 is 10.0 Å². The van der Waals surface area contributed by atoms with Gasteiger partial charge in [-0.15, -0.1) is 11.6 Å². The Morgan fingerprint density at radius 3 is 2.53 bits per heavy atom. The van der Waals surface area contributed by atoms with Gasteiger partial charge in [0, 0.05) is 31.5 Å². The van der Waals surface area contributed by atoms with Crippen LogP contribution >= 0.6 is 11.6 Å². The molecule has 0 spiro atoms. The normalized spacial score (nSPS) is 17.8. The minimum absolute atomic E-state index is 0.343. The Labute approximate surface area is 120 Å². The number of piperidine rings is 1. The molecule has 0 saturated carbocycles. The molecule has 1 aromatic rings. The third-order valence-electron chi connectivity index (χ3n) is 3.52. The van der Waals surface area contributed by atoms with Crippen molar-refractivity contribution in [1.82, 2.24) is 8.87 Å². The van der Waals surface area contributed by atoms with E-state index in [0.717, 1.165) is 37.9 Å². The number of alkyl halides is 1. The number of sulfonamides is 1. The molecule has 0 aliphatic carbocycles. The van der Waals surface area contributed by atoms with E-state index in [1.54, 1.807) is 16.6 Å². The lowest BCUT2D eigenvalue weighted by Gasteiger charge is -2.25. The zero-order valence-corrected chi connectivity index (χ0v) is 12.9. The van der Waals surface area contributed by atoms with E-state index >= 15 is 0 Å². The Morgan fingerprint density at radius 2 is 1.95 bits per heavy atom.